The van der Waals surface area contributed by atoms with Gasteiger partial charge in [0.05, 0.1) is 10.2 Å². The second-order valence-electron chi connectivity index (χ2n) is 5.85. The molecule has 7 heteroatoms. The van der Waals surface area contributed by atoms with Crippen molar-refractivity contribution in [1.82, 2.24) is 4.98 Å². The molecule has 0 aliphatic heterocycles. The lowest BCUT2D eigenvalue weighted by molar-refractivity contribution is -0.118. The molecule has 0 aliphatic carbocycles. The molecule has 0 fully saturated rings. The number of ether oxygens (including phenoxy) is 2. The molecule has 0 aliphatic rings. The van der Waals surface area contributed by atoms with Gasteiger partial charge in [-0.2, -0.15) is 0 Å². The number of nitrogens with zero attached hydrogens (tertiary/aromatic N) is 1. The number of para-hydroxylation sites is 1. The molecule has 4 aromatic rings. The van der Waals surface area contributed by atoms with Gasteiger partial charge >= 0.3 is 0 Å². The number of halogens is 1. The van der Waals surface area contributed by atoms with Crippen molar-refractivity contribution in [2.45, 2.75) is 0 Å². The normalized spacial score (nSPS) is 10.6. The minimum Gasteiger partial charge on any atom is -0.484 e. The number of carbonyl (C=O) groups excluding carboxylic acids is 1. The molecule has 0 radical (unpaired) electrons. The maximum Gasteiger partial charge on any atom is 0.264 e. The van der Waals surface area contributed by atoms with Crippen LogP contribution in [0.2, 0.25) is 0 Å². The van der Waals surface area contributed by atoms with Crippen LogP contribution in [0, 0.1) is 5.82 Å². The number of nitrogens with one attached hydrogen (secondary N) is 1. The van der Waals surface area contributed by atoms with E-state index in [-0.39, 0.29) is 18.3 Å². The molecule has 0 spiro atoms. The number of hydrogen-bond donors (Lipinski definition) is 1. The zero-order valence-corrected chi connectivity index (χ0v) is 15.4. The highest BCUT2D eigenvalue weighted by Gasteiger charge is 2.10. The summed E-state index contributed by atoms with van der Waals surface area (Å²) in [6, 6.07) is 20.5. The predicted octanol–water partition coefficient (Wildman–Crippen LogP) is 5.25. The number of aromatic nitrogens is 1. The first-order valence-corrected chi connectivity index (χ1v) is 9.29. The van der Waals surface area contributed by atoms with Crippen molar-refractivity contribution in [1.29, 1.82) is 0 Å². The maximum absolute atomic E-state index is 12.9. The summed E-state index contributed by atoms with van der Waals surface area (Å²) in [7, 11) is 0. The third-order valence-electron chi connectivity index (χ3n) is 3.77. The van der Waals surface area contributed by atoms with Crippen molar-refractivity contribution in [3.63, 3.8) is 0 Å². The van der Waals surface area contributed by atoms with E-state index in [1.807, 2.05) is 48.5 Å². The lowest BCUT2D eigenvalue weighted by Crippen LogP contribution is -2.19. The first-order chi connectivity index (χ1) is 13.7. The Balaban J connectivity index is 1.39. The van der Waals surface area contributed by atoms with Gasteiger partial charge in [0.2, 0.25) is 0 Å². The fourth-order valence-corrected chi connectivity index (χ4v) is 3.39. The molecule has 1 amide bonds. The van der Waals surface area contributed by atoms with Crippen LogP contribution in [0.3, 0.4) is 0 Å². The SMILES string of the molecule is O=C(COc1ccc(F)cc1)Nc1nc2ccc(Oc3ccccc3)cc2s1. The third-order valence-corrected chi connectivity index (χ3v) is 4.70. The largest absolute Gasteiger partial charge is 0.484 e. The van der Waals surface area contributed by atoms with Gasteiger partial charge in [0, 0.05) is 6.07 Å². The van der Waals surface area contributed by atoms with Gasteiger partial charge in [-0.1, -0.05) is 29.5 Å². The zero-order chi connectivity index (χ0) is 19.3. The van der Waals surface area contributed by atoms with E-state index < -0.39 is 0 Å². The lowest BCUT2D eigenvalue weighted by Gasteiger charge is -2.05. The van der Waals surface area contributed by atoms with E-state index in [0.717, 1.165) is 16.0 Å². The van der Waals surface area contributed by atoms with E-state index in [0.29, 0.717) is 16.6 Å². The van der Waals surface area contributed by atoms with E-state index in [2.05, 4.69) is 10.3 Å². The summed E-state index contributed by atoms with van der Waals surface area (Å²) in [6.07, 6.45) is 0. The molecule has 1 N–H and O–H groups in total. The Bertz CT molecular complexity index is 1100. The molecule has 0 bridgehead atoms. The highest BCUT2D eigenvalue weighted by molar-refractivity contribution is 7.22. The second kappa shape index (κ2) is 8.06. The zero-order valence-electron chi connectivity index (χ0n) is 14.6. The number of benzene rings is 3. The van der Waals surface area contributed by atoms with Crippen LogP contribution in [0.5, 0.6) is 17.2 Å². The quantitative estimate of drug-likeness (QED) is 0.486. The number of anilines is 1. The van der Waals surface area contributed by atoms with Crippen LogP contribution in [0.4, 0.5) is 9.52 Å². The Labute approximate surface area is 164 Å². The lowest BCUT2D eigenvalue weighted by atomic mass is 10.3. The van der Waals surface area contributed by atoms with Crippen molar-refractivity contribution in [3.8, 4) is 17.2 Å². The molecule has 28 heavy (non-hydrogen) atoms. The highest BCUT2D eigenvalue weighted by atomic mass is 32.1. The molecule has 5 nitrogen and oxygen atoms in total. The van der Waals surface area contributed by atoms with Crippen LogP contribution in [0.15, 0.2) is 72.8 Å². The summed E-state index contributed by atoms with van der Waals surface area (Å²) in [6.45, 7) is -0.191. The van der Waals surface area contributed by atoms with Gasteiger partial charge in [-0.05, 0) is 48.5 Å². The number of rotatable bonds is 6. The average molecular weight is 394 g/mol. The Kier molecular flexibility index (Phi) is 5.16. The Morgan fingerprint density at radius 1 is 0.964 bits per heavy atom. The van der Waals surface area contributed by atoms with E-state index in [1.54, 1.807) is 0 Å². The van der Waals surface area contributed by atoms with Gasteiger partial charge in [-0.15, -0.1) is 0 Å². The third kappa shape index (κ3) is 4.44. The number of thiazole rings is 1. The summed E-state index contributed by atoms with van der Waals surface area (Å²) in [5, 5.41) is 3.18. The first-order valence-electron chi connectivity index (χ1n) is 8.47. The summed E-state index contributed by atoms with van der Waals surface area (Å²) in [5.74, 6) is 1.16. The molecule has 1 heterocycles. The van der Waals surface area contributed by atoms with E-state index >= 15 is 0 Å². The topological polar surface area (TPSA) is 60.5 Å². The smallest absolute Gasteiger partial charge is 0.264 e. The minimum absolute atomic E-state index is 0.191. The molecule has 1 aromatic heterocycles. The van der Waals surface area contributed by atoms with Crippen molar-refractivity contribution < 1.29 is 18.7 Å². The van der Waals surface area contributed by atoms with Crippen LogP contribution >= 0.6 is 11.3 Å². The molecule has 0 unspecified atom stereocenters. The predicted molar refractivity (Wildman–Crippen MR) is 107 cm³/mol. The Morgan fingerprint density at radius 3 is 2.50 bits per heavy atom. The number of fused-ring (bicyclic) bond motifs is 1. The average Bonchev–Trinajstić information content (AvgIpc) is 3.10. The summed E-state index contributed by atoms with van der Waals surface area (Å²) < 4.78 is 24.9. The van der Waals surface area contributed by atoms with Gasteiger partial charge in [-0.25, -0.2) is 9.37 Å². The fourth-order valence-electron chi connectivity index (χ4n) is 2.48. The Hall–Kier alpha value is -3.45. The summed E-state index contributed by atoms with van der Waals surface area (Å²) >= 11 is 1.35. The van der Waals surface area contributed by atoms with Crippen molar-refractivity contribution in [3.05, 3.63) is 78.6 Å². The van der Waals surface area contributed by atoms with Gasteiger partial charge in [0.25, 0.3) is 5.91 Å². The minimum atomic E-state index is -0.359. The highest BCUT2D eigenvalue weighted by Crippen LogP contribution is 2.31. The van der Waals surface area contributed by atoms with Gasteiger partial charge in [-0.3, -0.25) is 10.1 Å². The molecular weight excluding hydrogens is 379 g/mol. The molecule has 0 atom stereocenters. The van der Waals surface area contributed by atoms with Crippen molar-refractivity contribution in [2.75, 3.05) is 11.9 Å². The van der Waals surface area contributed by atoms with Crippen molar-refractivity contribution >= 4 is 32.6 Å². The summed E-state index contributed by atoms with van der Waals surface area (Å²) in [4.78, 5) is 16.5. The first kappa shape index (κ1) is 17.9. The van der Waals surface area contributed by atoms with Gasteiger partial charge < -0.3 is 9.47 Å². The standard InChI is InChI=1S/C21H15FN2O3S/c22-14-6-8-15(9-7-14)26-13-20(25)24-21-23-18-11-10-17(12-19(18)28-21)27-16-4-2-1-3-5-16/h1-12H,13H2,(H,23,24,25). The molecule has 3 aromatic carbocycles. The molecular formula is C21H15FN2O3S. The van der Waals surface area contributed by atoms with Gasteiger partial charge in [0.1, 0.15) is 23.1 Å². The molecule has 140 valence electrons. The molecule has 4 rings (SSSR count). The van der Waals surface area contributed by atoms with Crippen LogP contribution in [-0.2, 0) is 4.79 Å². The molecule has 0 saturated carbocycles. The monoisotopic (exact) mass is 394 g/mol. The Morgan fingerprint density at radius 2 is 1.71 bits per heavy atom. The van der Waals surface area contributed by atoms with E-state index in [1.165, 1.54) is 35.6 Å². The van der Waals surface area contributed by atoms with E-state index in [9.17, 15) is 9.18 Å². The van der Waals surface area contributed by atoms with Gasteiger partial charge in [0.15, 0.2) is 11.7 Å². The fraction of sp³-hybridized carbons (Fsp3) is 0.0476. The second-order valence-corrected chi connectivity index (χ2v) is 6.89. The van der Waals surface area contributed by atoms with E-state index in [4.69, 9.17) is 9.47 Å². The summed E-state index contributed by atoms with van der Waals surface area (Å²) in [5.41, 5.74) is 0.764. The number of amides is 1. The maximum atomic E-state index is 12.9. The van der Waals surface area contributed by atoms with Crippen LogP contribution in [-0.4, -0.2) is 17.5 Å². The van der Waals surface area contributed by atoms with Crippen molar-refractivity contribution in [2.24, 2.45) is 0 Å². The van der Waals surface area contributed by atoms with Crippen LogP contribution < -0.4 is 14.8 Å². The molecule has 0 saturated heterocycles. The number of carbonyl (C=O) groups is 1. The number of hydrogen-bond acceptors (Lipinski definition) is 5. The van der Waals surface area contributed by atoms with Crippen LogP contribution in [0.25, 0.3) is 10.2 Å². The van der Waals surface area contributed by atoms with Crippen LogP contribution in [0.1, 0.15) is 0 Å².